The van der Waals surface area contributed by atoms with E-state index in [1.54, 1.807) is 19.1 Å². The van der Waals surface area contributed by atoms with Gasteiger partial charge in [-0.2, -0.15) is 0 Å². The van der Waals surface area contributed by atoms with Gasteiger partial charge in [0.05, 0.1) is 11.3 Å². The van der Waals surface area contributed by atoms with Crippen molar-refractivity contribution in [1.29, 1.82) is 0 Å². The van der Waals surface area contributed by atoms with Crippen LogP contribution < -0.4 is 4.74 Å². The lowest BCUT2D eigenvalue weighted by molar-refractivity contribution is 0.301. The number of hydrogen-bond donors (Lipinski definition) is 0. The van der Waals surface area contributed by atoms with Gasteiger partial charge in [-0.3, -0.25) is 0 Å². The van der Waals surface area contributed by atoms with Crippen molar-refractivity contribution >= 4 is 0 Å². The third-order valence-corrected chi connectivity index (χ3v) is 2.69. The topological polar surface area (TPSA) is 35.3 Å². The molecular weight excluding hydrogens is 221 g/mol. The fraction of sp³-hybridized carbons (Fsp3) is 0.308. The smallest absolute Gasteiger partial charge is 0.140 e. The monoisotopic (exact) mass is 235 g/mol. The fourth-order valence-corrected chi connectivity index (χ4v) is 1.57. The Labute approximate surface area is 99.2 Å². The summed E-state index contributed by atoms with van der Waals surface area (Å²) in [6, 6.07) is 4.69. The van der Waals surface area contributed by atoms with Gasteiger partial charge in [-0.25, -0.2) is 4.39 Å². The molecule has 0 saturated carbocycles. The molecule has 0 fully saturated rings. The summed E-state index contributed by atoms with van der Waals surface area (Å²) in [6.45, 7) is 5.80. The summed E-state index contributed by atoms with van der Waals surface area (Å²) in [5.41, 5.74) is 2.33. The zero-order valence-corrected chi connectivity index (χ0v) is 10.1. The first-order valence-electron chi connectivity index (χ1n) is 5.38. The highest BCUT2D eigenvalue weighted by Gasteiger charge is 2.09. The van der Waals surface area contributed by atoms with E-state index in [1.165, 1.54) is 6.07 Å². The second-order valence-corrected chi connectivity index (χ2v) is 4.00. The average Bonchev–Trinajstić information content (AvgIpc) is 2.61. The highest BCUT2D eigenvalue weighted by atomic mass is 19.1. The first kappa shape index (κ1) is 11.6. The Morgan fingerprint density at radius 2 is 2.06 bits per heavy atom. The molecule has 0 amide bonds. The van der Waals surface area contributed by atoms with Gasteiger partial charge in [-0.1, -0.05) is 5.16 Å². The number of hydrogen-bond acceptors (Lipinski definition) is 3. The van der Waals surface area contributed by atoms with Crippen molar-refractivity contribution < 1.29 is 13.7 Å². The summed E-state index contributed by atoms with van der Waals surface area (Å²) < 4.78 is 23.7. The Kier molecular flexibility index (Phi) is 3.13. The van der Waals surface area contributed by atoms with E-state index in [2.05, 4.69) is 5.16 Å². The normalized spacial score (nSPS) is 10.6. The lowest BCUT2D eigenvalue weighted by atomic mass is 10.2. The molecular formula is C13H14FNO2. The van der Waals surface area contributed by atoms with Crippen molar-refractivity contribution in [1.82, 2.24) is 5.16 Å². The molecule has 2 aromatic rings. The first-order chi connectivity index (χ1) is 8.08. The van der Waals surface area contributed by atoms with Crippen molar-refractivity contribution in [2.24, 2.45) is 0 Å². The number of aromatic nitrogens is 1. The van der Waals surface area contributed by atoms with Gasteiger partial charge in [0, 0.05) is 0 Å². The fourth-order valence-electron chi connectivity index (χ4n) is 1.57. The standard InChI is InChI=1S/C13H14FNO2/c1-8-6-11(4-5-13(8)14)16-7-12-9(2)15-17-10(12)3/h4-6H,7H2,1-3H3. The zero-order chi connectivity index (χ0) is 12.4. The van der Waals surface area contributed by atoms with E-state index in [4.69, 9.17) is 9.26 Å². The van der Waals surface area contributed by atoms with Crippen molar-refractivity contribution in [2.75, 3.05) is 0 Å². The van der Waals surface area contributed by atoms with Crippen molar-refractivity contribution in [3.8, 4) is 5.75 Å². The minimum Gasteiger partial charge on any atom is -0.489 e. The first-order valence-corrected chi connectivity index (χ1v) is 5.38. The predicted octanol–water partition coefficient (Wildman–Crippen LogP) is 3.32. The van der Waals surface area contributed by atoms with E-state index in [-0.39, 0.29) is 5.82 Å². The minimum atomic E-state index is -0.227. The van der Waals surface area contributed by atoms with Gasteiger partial charge in [0.2, 0.25) is 0 Å². The number of ether oxygens (including phenoxy) is 1. The van der Waals surface area contributed by atoms with Crippen molar-refractivity contribution in [3.05, 3.63) is 46.6 Å². The molecule has 0 aliphatic heterocycles. The molecule has 90 valence electrons. The van der Waals surface area contributed by atoms with Crippen LogP contribution in [0.1, 0.15) is 22.6 Å². The molecule has 0 spiro atoms. The molecule has 0 radical (unpaired) electrons. The van der Waals surface area contributed by atoms with Crippen LogP contribution in [0, 0.1) is 26.6 Å². The molecule has 2 rings (SSSR count). The average molecular weight is 235 g/mol. The van der Waals surface area contributed by atoms with Crippen molar-refractivity contribution in [2.45, 2.75) is 27.4 Å². The van der Waals surface area contributed by atoms with Crippen LogP contribution in [-0.4, -0.2) is 5.16 Å². The van der Waals surface area contributed by atoms with Gasteiger partial charge in [0.25, 0.3) is 0 Å². The number of benzene rings is 1. The molecule has 0 atom stereocenters. The maximum Gasteiger partial charge on any atom is 0.140 e. The molecule has 0 N–H and O–H groups in total. The van der Waals surface area contributed by atoms with Crippen LogP contribution in [0.2, 0.25) is 0 Å². The van der Waals surface area contributed by atoms with Gasteiger partial charge in [-0.15, -0.1) is 0 Å². The Hall–Kier alpha value is -1.84. The SMILES string of the molecule is Cc1cc(OCc2c(C)noc2C)ccc1F. The van der Waals surface area contributed by atoms with Crippen LogP contribution in [0.3, 0.4) is 0 Å². The summed E-state index contributed by atoms with van der Waals surface area (Å²) in [4.78, 5) is 0. The highest BCUT2D eigenvalue weighted by Crippen LogP contribution is 2.19. The lowest BCUT2D eigenvalue weighted by Crippen LogP contribution is -1.98. The quantitative estimate of drug-likeness (QED) is 0.818. The van der Waals surface area contributed by atoms with Crippen LogP contribution in [0.5, 0.6) is 5.75 Å². The summed E-state index contributed by atoms with van der Waals surface area (Å²) in [5.74, 6) is 1.17. The van der Waals surface area contributed by atoms with Crippen molar-refractivity contribution in [3.63, 3.8) is 0 Å². The number of halogens is 1. The summed E-state index contributed by atoms with van der Waals surface area (Å²) in [6.07, 6.45) is 0. The van der Waals surface area contributed by atoms with Gasteiger partial charge >= 0.3 is 0 Å². The van der Waals surface area contributed by atoms with Crippen LogP contribution in [0.4, 0.5) is 4.39 Å². The molecule has 0 bridgehead atoms. The molecule has 0 unspecified atom stereocenters. The van der Waals surface area contributed by atoms with Crippen LogP contribution >= 0.6 is 0 Å². The minimum absolute atomic E-state index is 0.227. The third-order valence-electron chi connectivity index (χ3n) is 2.69. The third kappa shape index (κ3) is 2.46. The Morgan fingerprint density at radius 1 is 1.29 bits per heavy atom. The van der Waals surface area contributed by atoms with E-state index in [0.717, 1.165) is 17.0 Å². The second-order valence-electron chi connectivity index (χ2n) is 4.00. The maximum atomic E-state index is 13.1. The van der Waals surface area contributed by atoms with E-state index in [0.29, 0.717) is 17.9 Å². The highest BCUT2D eigenvalue weighted by molar-refractivity contribution is 5.29. The molecule has 1 aromatic heterocycles. The van der Waals surface area contributed by atoms with Crippen LogP contribution in [0.25, 0.3) is 0 Å². The largest absolute Gasteiger partial charge is 0.489 e. The molecule has 1 heterocycles. The molecule has 0 aliphatic carbocycles. The van der Waals surface area contributed by atoms with E-state index in [1.807, 2.05) is 13.8 Å². The predicted molar refractivity (Wildman–Crippen MR) is 61.4 cm³/mol. The Balaban J connectivity index is 2.10. The molecule has 0 saturated heterocycles. The van der Waals surface area contributed by atoms with Gasteiger partial charge in [-0.05, 0) is 44.5 Å². The van der Waals surface area contributed by atoms with E-state index < -0.39 is 0 Å². The summed E-state index contributed by atoms with van der Waals surface area (Å²) >= 11 is 0. The molecule has 4 heteroatoms. The second kappa shape index (κ2) is 4.57. The molecule has 1 aromatic carbocycles. The number of nitrogens with zero attached hydrogens (tertiary/aromatic N) is 1. The molecule has 17 heavy (non-hydrogen) atoms. The van der Waals surface area contributed by atoms with Gasteiger partial charge in [0.15, 0.2) is 0 Å². The summed E-state index contributed by atoms with van der Waals surface area (Å²) in [7, 11) is 0. The molecule has 0 aliphatic rings. The van der Waals surface area contributed by atoms with E-state index >= 15 is 0 Å². The van der Waals surface area contributed by atoms with E-state index in [9.17, 15) is 4.39 Å². The Bertz CT molecular complexity index is 515. The molecule has 3 nitrogen and oxygen atoms in total. The van der Waals surface area contributed by atoms with Gasteiger partial charge in [0.1, 0.15) is 23.9 Å². The summed E-state index contributed by atoms with van der Waals surface area (Å²) in [5, 5.41) is 3.85. The maximum absolute atomic E-state index is 13.1. The zero-order valence-electron chi connectivity index (χ0n) is 10.1. The van der Waals surface area contributed by atoms with Crippen LogP contribution in [-0.2, 0) is 6.61 Å². The van der Waals surface area contributed by atoms with Crippen LogP contribution in [0.15, 0.2) is 22.7 Å². The number of rotatable bonds is 3. The lowest BCUT2D eigenvalue weighted by Gasteiger charge is -2.06. The number of aryl methyl sites for hydroxylation is 3. The Morgan fingerprint density at radius 3 is 2.65 bits per heavy atom. The van der Waals surface area contributed by atoms with Gasteiger partial charge < -0.3 is 9.26 Å².